The summed E-state index contributed by atoms with van der Waals surface area (Å²) in [5, 5.41) is 3.46. The van der Waals surface area contributed by atoms with E-state index in [0.717, 1.165) is 11.8 Å². The third-order valence-electron chi connectivity index (χ3n) is 3.43. The Hall–Kier alpha value is -0.0900. The van der Waals surface area contributed by atoms with E-state index in [2.05, 4.69) is 66.1 Å². The zero-order valence-corrected chi connectivity index (χ0v) is 11.5. The molecule has 2 heteroatoms. The highest BCUT2D eigenvalue weighted by atomic mass is 127. The van der Waals surface area contributed by atoms with Crippen molar-refractivity contribution in [1.82, 2.24) is 5.32 Å². The SMILES string of the molecule is CNC(Cc1ccc(I)cc1)C1CC1C. The summed E-state index contributed by atoms with van der Waals surface area (Å²) >= 11 is 2.35. The van der Waals surface area contributed by atoms with Gasteiger partial charge < -0.3 is 5.32 Å². The van der Waals surface area contributed by atoms with Gasteiger partial charge in [-0.15, -0.1) is 0 Å². The molecule has 1 aliphatic rings. The fraction of sp³-hybridized carbons (Fsp3) is 0.538. The van der Waals surface area contributed by atoms with Crippen molar-refractivity contribution in [2.45, 2.75) is 25.8 Å². The molecule has 1 saturated carbocycles. The summed E-state index contributed by atoms with van der Waals surface area (Å²) < 4.78 is 1.32. The molecule has 0 amide bonds. The lowest BCUT2D eigenvalue weighted by atomic mass is 10.0. The summed E-state index contributed by atoms with van der Waals surface area (Å²) in [7, 11) is 2.09. The average molecular weight is 315 g/mol. The Kier molecular flexibility index (Phi) is 3.67. The molecule has 3 atom stereocenters. The van der Waals surface area contributed by atoms with Gasteiger partial charge in [-0.05, 0) is 72.0 Å². The fourth-order valence-electron chi connectivity index (χ4n) is 2.25. The Morgan fingerprint density at radius 3 is 2.47 bits per heavy atom. The van der Waals surface area contributed by atoms with Crippen molar-refractivity contribution in [2.75, 3.05) is 7.05 Å². The average Bonchev–Trinajstić information content (AvgIpc) is 2.95. The van der Waals surface area contributed by atoms with Gasteiger partial charge in [-0.2, -0.15) is 0 Å². The first-order valence-corrected chi connectivity index (χ1v) is 6.70. The minimum atomic E-state index is 0.667. The Morgan fingerprint density at radius 2 is 2.00 bits per heavy atom. The van der Waals surface area contributed by atoms with Crippen LogP contribution in [0, 0.1) is 15.4 Å². The van der Waals surface area contributed by atoms with Crippen molar-refractivity contribution in [3.8, 4) is 0 Å². The zero-order valence-electron chi connectivity index (χ0n) is 9.33. The number of benzene rings is 1. The summed E-state index contributed by atoms with van der Waals surface area (Å²) in [6.07, 6.45) is 2.57. The molecule has 1 fully saturated rings. The van der Waals surface area contributed by atoms with Crippen LogP contribution in [-0.4, -0.2) is 13.1 Å². The van der Waals surface area contributed by atoms with E-state index < -0.39 is 0 Å². The van der Waals surface area contributed by atoms with Crippen molar-refractivity contribution in [2.24, 2.45) is 11.8 Å². The van der Waals surface area contributed by atoms with Crippen LogP contribution in [0.1, 0.15) is 18.9 Å². The van der Waals surface area contributed by atoms with Crippen LogP contribution in [-0.2, 0) is 6.42 Å². The van der Waals surface area contributed by atoms with Gasteiger partial charge in [0.25, 0.3) is 0 Å². The first kappa shape index (κ1) is 11.4. The third-order valence-corrected chi connectivity index (χ3v) is 4.15. The van der Waals surface area contributed by atoms with Crippen LogP contribution in [0.5, 0.6) is 0 Å². The highest BCUT2D eigenvalue weighted by Gasteiger charge is 2.38. The lowest BCUT2D eigenvalue weighted by Crippen LogP contribution is -2.30. The lowest BCUT2D eigenvalue weighted by Gasteiger charge is -2.15. The highest BCUT2D eigenvalue weighted by molar-refractivity contribution is 14.1. The van der Waals surface area contributed by atoms with E-state index in [-0.39, 0.29) is 0 Å². The minimum Gasteiger partial charge on any atom is -0.316 e. The second-order valence-corrected chi connectivity index (χ2v) is 5.85. The van der Waals surface area contributed by atoms with E-state index in [0.29, 0.717) is 6.04 Å². The normalized spacial score (nSPS) is 26.3. The maximum absolute atomic E-state index is 3.46. The molecule has 0 saturated heterocycles. The first-order valence-electron chi connectivity index (χ1n) is 5.62. The van der Waals surface area contributed by atoms with Gasteiger partial charge in [0, 0.05) is 9.61 Å². The zero-order chi connectivity index (χ0) is 10.8. The number of likely N-dealkylation sites (N-methyl/N-ethyl adjacent to an activating group) is 1. The van der Waals surface area contributed by atoms with Crippen LogP contribution in [0.25, 0.3) is 0 Å². The number of nitrogens with one attached hydrogen (secondary N) is 1. The van der Waals surface area contributed by atoms with Gasteiger partial charge in [0.15, 0.2) is 0 Å². The van der Waals surface area contributed by atoms with Gasteiger partial charge in [0.05, 0.1) is 0 Å². The van der Waals surface area contributed by atoms with Gasteiger partial charge in [-0.25, -0.2) is 0 Å². The van der Waals surface area contributed by atoms with Crippen LogP contribution < -0.4 is 5.32 Å². The van der Waals surface area contributed by atoms with Gasteiger partial charge >= 0.3 is 0 Å². The molecule has 3 unspecified atom stereocenters. The van der Waals surface area contributed by atoms with Crippen LogP contribution >= 0.6 is 22.6 Å². The quantitative estimate of drug-likeness (QED) is 0.842. The maximum atomic E-state index is 3.46. The number of halogens is 1. The predicted octanol–water partition coefficient (Wildman–Crippen LogP) is 3.08. The summed E-state index contributed by atoms with van der Waals surface area (Å²) in [6.45, 7) is 2.35. The topological polar surface area (TPSA) is 12.0 Å². The van der Waals surface area contributed by atoms with Gasteiger partial charge in [0.1, 0.15) is 0 Å². The summed E-state index contributed by atoms with van der Waals surface area (Å²) in [4.78, 5) is 0. The van der Waals surface area contributed by atoms with Crippen molar-refractivity contribution in [3.05, 3.63) is 33.4 Å². The molecule has 0 aromatic heterocycles. The molecular weight excluding hydrogens is 297 g/mol. The van der Waals surface area contributed by atoms with Gasteiger partial charge in [0.2, 0.25) is 0 Å². The third kappa shape index (κ3) is 2.94. The van der Waals surface area contributed by atoms with Crippen molar-refractivity contribution >= 4 is 22.6 Å². The van der Waals surface area contributed by atoms with Crippen molar-refractivity contribution in [3.63, 3.8) is 0 Å². The molecule has 0 heterocycles. The van der Waals surface area contributed by atoms with Crippen LogP contribution in [0.4, 0.5) is 0 Å². The molecule has 2 rings (SSSR count). The van der Waals surface area contributed by atoms with Crippen molar-refractivity contribution < 1.29 is 0 Å². The minimum absolute atomic E-state index is 0.667. The Labute approximate surface area is 106 Å². The van der Waals surface area contributed by atoms with E-state index >= 15 is 0 Å². The number of rotatable bonds is 4. The van der Waals surface area contributed by atoms with E-state index in [9.17, 15) is 0 Å². The molecule has 1 aromatic rings. The number of hydrogen-bond donors (Lipinski definition) is 1. The molecule has 0 radical (unpaired) electrons. The highest BCUT2D eigenvalue weighted by Crippen LogP contribution is 2.41. The Morgan fingerprint density at radius 1 is 1.40 bits per heavy atom. The van der Waals surface area contributed by atoms with E-state index in [1.807, 2.05) is 0 Å². The van der Waals surface area contributed by atoms with E-state index in [1.165, 1.54) is 22.0 Å². The fourth-order valence-corrected chi connectivity index (χ4v) is 2.61. The second kappa shape index (κ2) is 4.83. The maximum Gasteiger partial charge on any atom is 0.0135 e. The standard InChI is InChI=1S/C13H18IN/c1-9-7-12(9)13(15-2)8-10-3-5-11(14)6-4-10/h3-6,9,12-13,15H,7-8H2,1-2H3. The van der Waals surface area contributed by atoms with Gasteiger partial charge in [-0.1, -0.05) is 19.1 Å². The molecule has 0 aliphatic heterocycles. The molecule has 1 N–H and O–H groups in total. The smallest absolute Gasteiger partial charge is 0.0135 e. The van der Waals surface area contributed by atoms with Crippen LogP contribution in [0.2, 0.25) is 0 Å². The molecule has 1 nitrogen and oxygen atoms in total. The predicted molar refractivity (Wildman–Crippen MR) is 73.0 cm³/mol. The molecule has 15 heavy (non-hydrogen) atoms. The van der Waals surface area contributed by atoms with Crippen molar-refractivity contribution in [1.29, 1.82) is 0 Å². The van der Waals surface area contributed by atoms with E-state index in [4.69, 9.17) is 0 Å². The Balaban J connectivity index is 1.97. The molecule has 0 bridgehead atoms. The molecule has 1 aromatic carbocycles. The number of hydrogen-bond acceptors (Lipinski definition) is 1. The summed E-state index contributed by atoms with van der Waals surface area (Å²) in [5.74, 6) is 1.82. The molecule has 1 aliphatic carbocycles. The molecular formula is C13H18IN. The first-order chi connectivity index (χ1) is 7.20. The molecule has 0 spiro atoms. The summed E-state index contributed by atoms with van der Waals surface area (Å²) in [6, 6.07) is 9.55. The Bertz CT molecular complexity index is 320. The summed E-state index contributed by atoms with van der Waals surface area (Å²) in [5.41, 5.74) is 1.45. The van der Waals surface area contributed by atoms with Gasteiger partial charge in [-0.3, -0.25) is 0 Å². The van der Waals surface area contributed by atoms with Crippen LogP contribution in [0.15, 0.2) is 24.3 Å². The molecule has 82 valence electrons. The lowest BCUT2D eigenvalue weighted by molar-refractivity contribution is 0.479. The largest absolute Gasteiger partial charge is 0.316 e. The van der Waals surface area contributed by atoms with Crippen LogP contribution in [0.3, 0.4) is 0 Å². The monoisotopic (exact) mass is 315 g/mol. The second-order valence-electron chi connectivity index (χ2n) is 4.60. The van der Waals surface area contributed by atoms with E-state index in [1.54, 1.807) is 0 Å².